The Balaban J connectivity index is 1.15. The molecule has 8 heteroatoms. The van der Waals surface area contributed by atoms with Crippen LogP contribution < -0.4 is 10.6 Å². The van der Waals surface area contributed by atoms with Crippen LogP contribution in [0.1, 0.15) is 29.3 Å². The van der Waals surface area contributed by atoms with Gasteiger partial charge in [-0.3, -0.25) is 0 Å². The summed E-state index contributed by atoms with van der Waals surface area (Å²) in [6.07, 6.45) is 5.28. The molecule has 0 saturated heterocycles. The Kier molecular flexibility index (Phi) is 6.77. The van der Waals surface area contributed by atoms with E-state index in [9.17, 15) is 0 Å². The quantitative estimate of drug-likeness (QED) is 0.313. The number of unbranched alkanes of at least 4 members (excludes halogenated alkanes) is 2. The zero-order valence-corrected chi connectivity index (χ0v) is 17.5. The average Bonchev–Trinajstić information content (AvgIpc) is 3.39. The second-order valence-corrected chi connectivity index (χ2v) is 8.67. The van der Waals surface area contributed by atoms with Crippen LogP contribution in [0.2, 0.25) is 0 Å². The van der Waals surface area contributed by atoms with E-state index in [1.807, 2.05) is 60.7 Å². The van der Waals surface area contributed by atoms with Gasteiger partial charge in [0.1, 0.15) is 10.0 Å². The number of anilines is 4. The van der Waals surface area contributed by atoms with E-state index >= 15 is 0 Å². The lowest BCUT2D eigenvalue weighted by Crippen LogP contribution is -1.88. The van der Waals surface area contributed by atoms with Gasteiger partial charge in [-0.1, -0.05) is 65.5 Å². The molecule has 0 radical (unpaired) electrons. The minimum Gasteiger partial charge on any atom is -0.330 e. The van der Waals surface area contributed by atoms with Gasteiger partial charge in [0.25, 0.3) is 0 Å². The van der Waals surface area contributed by atoms with E-state index in [4.69, 9.17) is 0 Å². The highest BCUT2D eigenvalue weighted by Gasteiger charge is 2.06. The number of aryl methyl sites for hydroxylation is 2. The largest absolute Gasteiger partial charge is 0.330 e. The first-order valence-corrected chi connectivity index (χ1v) is 11.3. The maximum atomic E-state index is 4.29. The van der Waals surface area contributed by atoms with Crippen molar-refractivity contribution >= 4 is 44.3 Å². The van der Waals surface area contributed by atoms with Crippen LogP contribution in [0.15, 0.2) is 60.7 Å². The molecular formula is C21H22N6S2. The van der Waals surface area contributed by atoms with Crippen molar-refractivity contribution in [2.45, 2.75) is 32.1 Å². The third-order valence-corrected chi connectivity index (χ3v) is 6.06. The third-order valence-electron chi connectivity index (χ3n) is 4.27. The molecule has 148 valence electrons. The van der Waals surface area contributed by atoms with Crippen LogP contribution in [-0.4, -0.2) is 20.4 Å². The summed E-state index contributed by atoms with van der Waals surface area (Å²) in [4.78, 5) is 0. The normalized spacial score (nSPS) is 10.8. The number of benzene rings is 2. The fraction of sp³-hybridized carbons (Fsp3) is 0.238. The molecule has 0 saturated carbocycles. The average molecular weight is 423 g/mol. The van der Waals surface area contributed by atoms with Crippen molar-refractivity contribution in [2.24, 2.45) is 0 Å². The van der Waals surface area contributed by atoms with Crippen LogP contribution in [0, 0.1) is 0 Å². The summed E-state index contributed by atoms with van der Waals surface area (Å²) < 4.78 is 0. The number of nitrogens with zero attached hydrogens (tertiary/aromatic N) is 4. The van der Waals surface area contributed by atoms with Crippen LogP contribution in [0.4, 0.5) is 21.6 Å². The van der Waals surface area contributed by atoms with Crippen molar-refractivity contribution in [3.8, 4) is 0 Å². The summed E-state index contributed by atoms with van der Waals surface area (Å²) in [6.45, 7) is 0. The van der Waals surface area contributed by atoms with Gasteiger partial charge in [0.05, 0.1) is 0 Å². The van der Waals surface area contributed by atoms with E-state index in [1.165, 1.54) is 0 Å². The number of hydrogen-bond acceptors (Lipinski definition) is 8. The first-order valence-electron chi connectivity index (χ1n) is 9.64. The maximum Gasteiger partial charge on any atom is 0.210 e. The van der Waals surface area contributed by atoms with E-state index in [0.717, 1.165) is 63.8 Å². The SMILES string of the molecule is c1ccc(Nc2nnc(CCCCCc3nnc(Nc4ccccc4)s3)s2)cc1. The molecule has 2 aromatic heterocycles. The Hall–Kier alpha value is -2.84. The van der Waals surface area contributed by atoms with Crippen LogP contribution in [-0.2, 0) is 12.8 Å². The summed E-state index contributed by atoms with van der Waals surface area (Å²) in [5.74, 6) is 0. The van der Waals surface area contributed by atoms with Gasteiger partial charge in [0.15, 0.2) is 0 Å². The number of hydrogen-bond donors (Lipinski definition) is 2. The summed E-state index contributed by atoms with van der Waals surface area (Å²) in [5, 5.41) is 27.5. The molecule has 4 aromatic rings. The molecule has 29 heavy (non-hydrogen) atoms. The van der Waals surface area contributed by atoms with Crippen molar-refractivity contribution in [3.63, 3.8) is 0 Å². The van der Waals surface area contributed by atoms with E-state index < -0.39 is 0 Å². The highest BCUT2D eigenvalue weighted by molar-refractivity contribution is 7.15. The molecular weight excluding hydrogens is 400 g/mol. The van der Waals surface area contributed by atoms with Gasteiger partial charge >= 0.3 is 0 Å². The van der Waals surface area contributed by atoms with Crippen molar-refractivity contribution in [3.05, 3.63) is 70.7 Å². The van der Waals surface area contributed by atoms with Gasteiger partial charge < -0.3 is 10.6 Å². The predicted molar refractivity (Wildman–Crippen MR) is 121 cm³/mol. The highest BCUT2D eigenvalue weighted by atomic mass is 32.1. The summed E-state index contributed by atoms with van der Waals surface area (Å²) in [5.41, 5.74) is 2.07. The van der Waals surface area contributed by atoms with Gasteiger partial charge in [0.2, 0.25) is 10.3 Å². The van der Waals surface area contributed by atoms with Gasteiger partial charge in [0, 0.05) is 24.2 Å². The Bertz CT molecular complexity index is 918. The molecule has 0 bridgehead atoms. The first kappa shape index (κ1) is 19.5. The Morgan fingerprint density at radius 1 is 0.552 bits per heavy atom. The van der Waals surface area contributed by atoms with Crippen molar-refractivity contribution in [1.29, 1.82) is 0 Å². The van der Waals surface area contributed by atoms with Gasteiger partial charge in [-0.05, 0) is 37.1 Å². The molecule has 2 N–H and O–H groups in total. The highest BCUT2D eigenvalue weighted by Crippen LogP contribution is 2.23. The lowest BCUT2D eigenvalue weighted by molar-refractivity contribution is 0.669. The molecule has 2 heterocycles. The van der Waals surface area contributed by atoms with E-state index in [0.29, 0.717) is 0 Å². The molecule has 0 spiro atoms. The summed E-state index contributed by atoms with van der Waals surface area (Å²) >= 11 is 3.25. The zero-order valence-electron chi connectivity index (χ0n) is 15.9. The Morgan fingerprint density at radius 2 is 1.00 bits per heavy atom. The number of nitrogens with one attached hydrogen (secondary N) is 2. The Morgan fingerprint density at radius 3 is 1.45 bits per heavy atom. The zero-order chi connectivity index (χ0) is 19.7. The standard InChI is InChI=1S/C21H22N6S2/c1-4-10-16(11-5-1)22-20-26-24-18(28-20)14-8-3-9-15-19-25-27-21(29-19)23-17-12-6-2-7-13-17/h1-2,4-7,10-13H,3,8-9,14-15H2,(H,22,26)(H,23,27). The maximum absolute atomic E-state index is 4.29. The molecule has 0 aliphatic carbocycles. The van der Waals surface area contributed by atoms with Crippen molar-refractivity contribution in [2.75, 3.05) is 10.6 Å². The number of rotatable bonds is 10. The summed E-state index contributed by atoms with van der Waals surface area (Å²) in [7, 11) is 0. The van der Waals surface area contributed by atoms with E-state index in [2.05, 4.69) is 31.0 Å². The molecule has 6 nitrogen and oxygen atoms in total. The van der Waals surface area contributed by atoms with E-state index in [-0.39, 0.29) is 0 Å². The number of aromatic nitrogens is 4. The van der Waals surface area contributed by atoms with Crippen LogP contribution in [0.3, 0.4) is 0 Å². The van der Waals surface area contributed by atoms with Crippen LogP contribution in [0.25, 0.3) is 0 Å². The van der Waals surface area contributed by atoms with E-state index in [1.54, 1.807) is 22.7 Å². The second-order valence-electron chi connectivity index (χ2n) is 6.54. The minimum absolute atomic E-state index is 0.846. The van der Waals surface area contributed by atoms with Gasteiger partial charge in [-0.15, -0.1) is 20.4 Å². The fourth-order valence-electron chi connectivity index (χ4n) is 2.83. The minimum atomic E-state index is 0.846. The van der Waals surface area contributed by atoms with Crippen molar-refractivity contribution < 1.29 is 0 Å². The lowest BCUT2D eigenvalue weighted by atomic mass is 10.1. The summed E-state index contributed by atoms with van der Waals surface area (Å²) in [6, 6.07) is 20.1. The molecule has 2 aromatic carbocycles. The lowest BCUT2D eigenvalue weighted by Gasteiger charge is -2.00. The molecule has 0 aliphatic rings. The third kappa shape index (κ3) is 6.07. The Labute approximate surface area is 178 Å². The molecule has 4 rings (SSSR count). The fourth-order valence-corrected chi connectivity index (χ4v) is 4.43. The smallest absolute Gasteiger partial charge is 0.210 e. The predicted octanol–water partition coefficient (Wildman–Crippen LogP) is 5.83. The first-order chi connectivity index (χ1) is 14.3. The number of para-hydroxylation sites is 2. The molecule has 0 amide bonds. The molecule has 0 unspecified atom stereocenters. The second kappa shape index (κ2) is 10.1. The molecule has 0 fully saturated rings. The van der Waals surface area contributed by atoms with Gasteiger partial charge in [-0.25, -0.2) is 0 Å². The topological polar surface area (TPSA) is 75.6 Å². The van der Waals surface area contributed by atoms with Gasteiger partial charge in [-0.2, -0.15) is 0 Å². The molecule has 0 atom stereocenters. The van der Waals surface area contributed by atoms with Crippen LogP contribution in [0.5, 0.6) is 0 Å². The van der Waals surface area contributed by atoms with Crippen molar-refractivity contribution in [1.82, 2.24) is 20.4 Å². The monoisotopic (exact) mass is 422 g/mol. The molecule has 0 aliphatic heterocycles. The van der Waals surface area contributed by atoms with Crippen LogP contribution >= 0.6 is 22.7 Å².